The van der Waals surface area contributed by atoms with Crippen LogP contribution >= 0.6 is 11.3 Å². The Morgan fingerprint density at radius 1 is 1.28 bits per heavy atom. The van der Waals surface area contributed by atoms with Gasteiger partial charge < -0.3 is 9.63 Å². The molecule has 25 heavy (non-hydrogen) atoms. The van der Waals surface area contributed by atoms with Crippen LogP contribution in [0.1, 0.15) is 23.2 Å². The number of rotatable bonds is 5. The fourth-order valence-corrected chi connectivity index (χ4v) is 3.18. The summed E-state index contributed by atoms with van der Waals surface area (Å²) in [7, 11) is 0. The zero-order valence-corrected chi connectivity index (χ0v) is 13.7. The molecule has 0 radical (unpaired) electrons. The van der Waals surface area contributed by atoms with Crippen LogP contribution in [0.5, 0.6) is 0 Å². The third-order valence-corrected chi connectivity index (χ3v) is 4.72. The highest BCUT2D eigenvalue weighted by Crippen LogP contribution is 2.41. The summed E-state index contributed by atoms with van der Waals surface area (Å²) in [6, 6.07) is 6.54. The molecule has 2 N–H and O–H groups in total. The number of anilines is 1. The topological polar surface area (TPSA) is 105 Å². The molecule has 1 aliphatic rings. The molecule has 7 nitrogen and oxygen atoms in total. The fraction of sp³-hybridized carbons (Fsp3) is 0.176. The van der Waals surface area contributed by atoms with Crippen molar-refractivity contribution in [1.29, 1.82) is 0 Å². The third kappa shape index (κ3) is 2.91. The molecule has 126 valence electrons. The van der Waals surface area contributed by atoms with Crippen LogP contribution < -0.4 is 5.32 Å². The number of carboxylic acid groups (broad SMARTS) is 1. The Balaban J connectivity index is 1.87. The first-order valence-corrected chi connectivity index (χ1v) is 8.56. The molecular weight excluding hydrogens is 342 g/mol. The number of amides is 1. The van der Waals surface area contributed by atoms with Gasteiger partial charge in [0.2, 0.25) is 11.8 Å². The van der Waals surface area contributed by atoms with Crippen molar-refractivity contribution in [1.82, 2.24) is 10.1 Å². The summed E-state index contributed by atoms with van der Waals surface area (Å²) in [4.78, 5) is 28.0. The van der Waals surface area contributed by atoms with Crippen molar-refractivity contribution in [3.63, 3.8) is 0 Å². The molecule has 1 saturated carbocycles. The number of carboxylic acids is 1. The molecule has 2 heterocycles. The van der Waals surface area contributed by atoms with Crippen molar-refractivity contribution < 1.29 is 19.2 Å². The SMILES string of the molecule is O=C(O)c1ccccc1-c1c(-c2nccs2)noc1NC(=O)C1CC1. The molecule has 3 aromatic rings. The monoisotopic (exact) mass is 355 g/mol. The number of carbonyl (C=O) groups is 2. The molecule has 0 atom stereocenters. The highest BCUT2D eigenvalue weighted by Gasteiger charge is 2.32. The van der Waals surface area contributed by atoms with E-state index in [9.17, 15) is 14.7 Å². The van der Waals surface area contributed by atoms with E-state index >= 15 is 0 Å². The molecule has 1 fully saturated rings. The third-order valence-electron chi connectivity index (χ3n) is 3.94. The minimum absolute atomic E-state index is 0.0176. The number of nitrogens with one attached hydrogen (secondary N) is 1. The first kappa shape index (κ1) is 15.5. The van der Waals surface area contributed by atoms with Crippen LogP contribution in [-0.4, -0.2) is 27.1 Å². The van der Waals surface area contributed by atoms with Gasteiger partial charge in [0.1, 0.15) is 5.01 Å². The maximum absolute atomic E-state index is 12.1. The zero-order valence-electron chi connectivity index (χ0n) is 12.9. The van der Waals surface area contributed by atoms with Gasteiger partial charge in [0, 0.05) is 23.1 Å². The van der Waals surface area contributed by atoms with Crippen molar-refractivity contribution in [3.8, 4) is 21.8 Å². The van der Waals surface area contributed by atoms with Gasteiger partial charge in [-0.15, -0.1) is 11.3 Å². The molecule has 1 amide bonds. The van der Waals surface area contributed by atoms with Crippen molar-refractivity contribution >= 4 is 29.1 Å². The highest BCUT2D eigenvalue weighted by molar-refractivity contribution is 7.13. The average molecular weight is 355 g/mol. The summed E-state index contributed by atoms with van der Waals surface area (Å²) in [5, 5.41) is 18.7. The second-order valence-corrected chi connectivity index (χ2v) is 6.58. The average Bonchev–Trinajstić information content (AvgIpc) is 3.17. The van der Waals surface area contributed by atoms with Gasteiger partial charge in [0.05, 0.1) is 11.1 Å². The summed E-state index contributed by atoms with van der Waals surface area (Å²) >= 11 is 1.36. The number of hydrogen-bond acceptors (Lipinski definition) is 6. The fourth-order valence-electron chi connectivity index (χ4n) is 2.56. The van der Waals surface area contributed by atoms with Crippen LogP contribution in [0.3, 0.4) is 0 Å². The molecule has 0 unspecified atom stereocenters. The Kier molecular flexibility index (Phi) is 3.81. The Morgan fingerprint density at radius 3 is 2.76 bits per heavy atom. The van der Waals surface area contributed by atoms with Crippen LogP contribution in [0.15, 0.2) is 40.4 Å². The first-order valence-electron chi connectivity index (χ1n) is 7.68. The molecular formula is C17H13N3O4S. The number of nitrogens with zero attached hydrogens (tertiary/aromatic N) is 2. The summed E-state index contributed by atoms with van der Waals surface area (Å²) < 4.78 is 5.35. The van der Waals surface area contributed by atoms with E-state index in [1.807, 2.05) is 0 Å². The van der Waals surface area contributed by atoms with Crippen LogP contribution in [0, 0.1) is 5.92 Å². The number of aromatic nitrogens is 2. The lowest BCUT2D eigenvalue weighted by Crippen LogP contribution is -2.13. The van der Waals surface area contributed by atoms with Gasteiger partial charge in [-0.3, -0.25) is 10.1 Å². The minimum Gasteiger partial charge on any atom is -0.478 e. The van der Waals surface area contributed by atoms with E-state index in [-0.39, 0.29) is 23.3 Å². The van der Waals surface area contributed by atoms with Gasteiger partial charge in [-0.2, -0.15) is 0 Å². The Bertz CT molecular complexity index is 945. The van der Waals surface area contributed by atoms with E-state index in [0.717, 1.165) is 12.8 Å². The normalized spacial score (nSPS) is 13.6. The Morgan fingerprint density at radius 2 is 2.08 bits per heavy atom. The van der Waals surface area contributed by atoms with Gasteiger partial charge in [-0.25, -0.2) is 9.78 Å². The number of hydrogen-bond donors (Lipinski definition) is 2. The molecule has 8 heteroatoms. The number of benzene rings is 1. The molecule has 4 rings (SSSR count). The van der Waals surface area contributed by atoms with Crippen LogP contribution in [0.2, 0.25) is 0 Å². The van der Waals surface area contributed by atoms with Crippen LogP contribution in [0.25, 0.3) is 21.8 Å². The highest BCUT2D eigenvalue weighted by atomic mass is 32.1. The molecule has 0 spiro atoms. The van der Waals surface area contributed by atoms with E-state index in [4.69, 9.17) is 4.52 Å². The number of carbonyl (C=O) groups excluding carboxylic acids is 1. The Labute approximate surface area is 146 Å². The van der Waals surface area contributed by atoms with Gasteiger partial charge >= 0.3 is 5.97 Å². The predicted molar refractivity (Wildman–Crippen MR) is 91.4 cm³/mol. The lowest BCUT2D eigenvalue weighted by atomic mass is 9.99. The lowest BCUT2D eigenvalue weighted by Gasteiger charge is -2.08. The van der Waals surface area contributed by atoms with Crippen molar-refractivity contribution in [2.45, 2.75) is 12.8 Å². The first-order chi connectivity index (χ1) is 12.1. The second kappa shape index (κ2) is 6.14. The van der Waals surface area contributed by atoms with Crippen LogP contribution in [-0.2, 0) is 4.79 Å². The number of thiazole rings is 1. The maximum atomic E-state index is 12.1. The molecule has 2 aromatic heterocycles. The molecule has 1 aromatic carbocycles. The van der Waals surface area contributed by atoms with Gasteiger partial charge in [0.15, 0.2) is 5.69 Å². The molecule has 1 aliphatic carbocycles. The largest absolute Gasteiger partial charge is 0.478 e. The molecule has 0 aliphatic heterocycles. The van der Waals surface area contributed by atoms with Crippen molar-refractivity contribution in [3.05, 3.63) is 41.4 Å². The van der Waals surface area contributed by atoms with E-state index in [2.05, 4.69) is 15.5 Å². The summed E-state index contributed by atoms with van der Waals surface area (Å²) in [5.41, 5.74) is 1.37. The summed E-state index contributed by atoms with van der Waals surface area (Å²) in [5.74, 6) is -1.08. The lowest BCUT2D eigenvalue weighted by molar-refractivity contribution is -0.117. The molecule has 0 saturated heterocycles. The smallest absolute Gasteiger partial charge is 0.336 e. The maximum Gasteiger partial charge on any atom is 0.336 e. The Hall–Kier alpha value is -3.00. The predicted octanol–water partition coefficient (Wildman–Crippen LogP) is 3.51. The van der Waals surface area contributed by atoms with Crippen LogP contribution in [0.4, 0.5) is 5.88 Å². The molecule has 0 bridgehead atoms. The number of aromatic carboxylic acids is 1. The summed E-state index contributed by atoms with van der Waals surface area (Å²) in [6.45, 7) is 0. The minimum atomic E-state index is -1.07. The van der Waals surface area contributed by atoms with Gasteiger partial charge in [0.25, 0.3) is 0 Å². The quantitative estimate of drug-likeness (QED) is 0.725. The summed E-state index contributed by atoms with van der Waals surface area (Å²) in [6.07, 6.45) is 3.32. The second-order valence-electron chi connectivity index (χ2n) is 5.69. The van der Waals surface area contributed by atoms with E-state index in [1.54, 1.807) is 29.8 Å². The standard InChI is InChI=1S/C17H13N3O4S/c21-14(9-5-6-9)19-15-12(10-3-1-2-4-11(10)17(22)23)13(20-24-15)16-18-7-8-25-16/h1-4,7-9H,5-6H2,(H,19,21)(H,22,23). The van der Waals surface area contributed by atoms with E-state index in [1.165, 1.54) is 17.4 Å². The van der Waals surface area contributed by atoms with E-state index < -0.39 is 5.97 Å². The van der Waals surface area contributed by atoms with E-state index in [0.29, 0.717) is 21.8 Å². The zero-order chi connectivity index (χ0) is 17.4. The van der Waals surface area contributed by atoms with Crippen molar-refractivity contribution in [2.75, 3.05) is 5.32 Å². The van der Waals surface area contributed by atoms with Crippen molar-refractivity contribution in [2.24, 2.45) is 5.92 Å². The van der Waals surface area contributed by atoms with Gasteiger partial charge in [-0.05, 0) is 18.9 Å². The van der Waals surface area contributed by atoms with Gasteiger partial charge in [-0.1, -0.05) is 23.4 Å².